The fraction of sp³-hybridized carbons (Fsp3) is 0.650. The van der Waals surface area contributed by atoms with Crippen LogP contribution in [0.5, 0.6) is 0 Å². The maximum Gasteiger partial charge on any atom is 0.242 e. The average molecular weight is 363 g/mol. The fourth-order valence-electron chi connectivity index (χ4n) is 4.10. The van der Waals surface area contributed by atoms with Crippen molar-refractivity contribution in [2.24, 2.45) is 0 Å². The van der Waals surface area contributed by atoms with Gasteiger partial charge in [-0.3, -0.25) is 9.69 Å². The first-order chi connectivity index (χ1) is 12.5. The number of carbonyl (C=O) groups excluding carboxylic acids is 1. The number of carbonyl (C=O) groups is 1. The van der Waals surface area contributed by atoms with E-state index < -0.39 is 6.04 Å². The third-order valence-corrected chi connectivity index (χ3v) is 5.51. The molecule has 1 amide bonds. The van der Waals surface area contributed by atoms with Crippen molar-refractivity contribution in [2.75, 3.05) is 40.4 Å². The largest absolute Gasteiger partial charge is 0.381 e. The van der Waals surface area contributed by atoms with E-state index in [1.165, 1.54) is 12.1 Å². The number of ether oxygens (including phenoxy) is 1. The Bertz CT molecular complexity index is 596. The van der Waals surface area contributed by atoms with E-state index >= 15 is 0 Å². The number of likely N-dealkylation sites (tertiary alicyclic amines) is 1. The number of nitrogens with zero attached hydrogens (tertiary/aromatic N) is 2. The molecule has 2 aliphatic rings. The fourth-order valence-corrected chi connectivity index (χ4v) is 4.10. The summed E-state index contributed by atoms with van der Waals surface area (Å²) in [7, 11) is 3.70. The van der Waals surface area contributed by atoms with E-state index in [0.717, 1.165) is 52.0 Å². The standard InChI is InChI=1S/C20H30FN3O2/c1-23(2)19(15-4-3-5-16(21)14-15)20(25)22-17-6-10-24(11-7-17)18-8-12-26-13-9-18/h3-5,14,17-19H,6-13H2,1-2H3,(H,22,25)/t19-/m1/s1. The van der Waals surface area contributed by atoms with Crippen LogP contribution in [0.3, 0.4) is 0 Å². The van der Waals surface area contributed by atoms with E-state index in [1.807, 2.05) is 19.0 Å². The van der Waals surface area contributed by atoms with Gasteiger partial charge in [0.05, 0.1) is 0 Å². The minimum Gasteiger partial charge on any atom is -0.381 e. The van der Waals surface area contributed by atoms with Crippen LogP contribution in [0.4, 0.5) is 4.39 Å². The van der Waals surface area contributed by atoms with Gasteiger partial charge in [0.15, 0.2) is 0 Å². The van der Waals surface area contributed by atoms with Gasteiger partial charge in [-0.1, -0.05) is 12.1 Å². The number of amides is 1. The van der Waals surface area contributed by atoms with Gasteiger partial charge in [-0.25, -0.2) is 4.39 Å². The van der Waals surface area contributed by atoms with Crippen molar-refractivity contribution in [1.82, 2.24) is 15.1 Å². The van der Waals surface area contributed by atoms with E-state index in [1.54, 1.807) is 12.1 Å². The zero-order valence-corrected chi connectivity index (χ0v) is 15.8. The van der Waals surface area contributed by atoms with Crippen molar-refractivity contribution in [3.05, 3.63) is 35.6 Å². The normalized spacial score (nSPS) is 21.7. The highest BCUT2D eigenvalue weighted by molar-refractivity contribution is 5.83. The highest BCUT2D eigenvalue weighted by Gasteiger charge is 2.30. The molecule has 2 aliphatic heterocycles. The molecule has 0 radical (unpaired) electrons. The Morgan fingerprint density at radius 3 is 2.54 bits per heavy atom. The SMILES string of the molecule is CN(C)[C@@H](C(=O)NC1CCN(C2CCOCC2)CC1)c1cccc(F)c1. The number of piperidine rings is 1. The number of hydrogen-bond acceptors (Lipinski definition) is 4. The van der Waals surface area contributed by atoms with Crippen LogP contribution < -0.4 is 5.32 Å². The Balaban J connectivity index is 1.55. The molecule has 1 aromatic rings. The lowest BCUT2D eigenvalue weighted by Gasteiger charge is -2.39. The Morgan fingerprint density at radius 1 is 1.23 bits per heavy atom. The second kappa shape index (κ2) is 8.93. The van der Waals surface area contributed by atoms with Crippen LogP contribution in [0.2, 0.25) is 0 Å². The molecule has 2 saturated heterocycles. The van der Waals surface area contributed by atoms with Crippen molar-refractivity contribution in [2.45, 2.75) is 43.8 Å². The summed E-state index contributed by atoms with van der Waals surface area (Å²) < 4.78 is 19.0. The highest BCUT2D eigenvalue weighted by Crippen LogP contribution is 2.22. The minimum atomic E-state index is -0.473. The quantitative estimate of drug-likeness (QED) is 0.871. The van der Waals surface area contributed by atoms with Crippen molar-refractivity contribution < 1.29 is 13.9 Å². The first-order valence-electron chi connectivity index (χ1n) is 9.58. The van der Waals surface area contributed by atoms with Gasteiger partial charge in [0, 0.05) is 38.4 Å². The van der Waals surface area contributed by atoms with Crippen LogP contribution in [-0.4, -0.2) is 68.2 Å². The third-order valence-electron chi connectivity index (χ3n) is 5.51. The Hall–Kier alpha value is -1.50. The summed E-state index contributed by atoms with van der Waals surface area (Å²) in [5.74, 6) is -0.364. The summed E-state index contributed by atoms with van der Waals surface area (Å²) in [6.07, 6.45) is 4.15. The van der Waals surface area contributed by atoms with Crippen LogP contribution >= 0.6 is 0 Å². The summed E-state index contributed by atoms with van der Waals surface area (Å²) in [5, 5.41) is 3.19. The molecule has 0 aliphatic carbocycles. The minimum absolute atomic E-state index is 0.0508. The van der Waals surface area contributed by atoms with Gasteiger partial charge in [-0.2, -0.15) is 0 Å². The van der Waals surface area contributed by atoms with E-state index in [9.17, 15) is 9.18 Å². The van der Waals surface area contributed by atoms with Crippen LogP contribution in [0.1, 0.15) is 37.3 Å². The molecule has 0 aromatic heterocycles. The molecule has 3 rings (SSSR count). The molecule has 144 valence electrons. The van der Waals surface area contributed by atoms with Gasteiger partial charge in [-0.15, -0.1) is 0 Å². The van der Waals surface area contributed by atoms with Crippen LogP contribution in [0.25, 0.3) is 0 Å². The van der Waals surface area contributed by atoms with Gasteiger partial charge >= 0.3 is 0 Å². The number of likely N-dealkylation sites (N-methyl/N-ethyl adjacent to an activating group) is 1. The summed E-state index contributed by atoms with van der Waals surface area (Å²) in [4.78, 5) is 17.2. The first kappa shape index (κ1) is 19.3. The molecule has 2 heterocycles. The topological polar surface area (TPSA) is 44.8 Å². The highest BCUT2D eigenvalue weighted by atomic mass is 19.1. The van der Waals surface area contributed by atoms with Crippen molar-refractivity contribution >= 4 is 5.91 Å². The van der Waals surface area contributed by atoms with Gasteiger partial charge in [0.1, 0.15) is 11.9 Å². The predicted octanol–water partition coefficient (Wildman–Crippen LogP) is 2.19. The Labute approximate surface area is 155 Å². The van der Waals surface area contributed by atoms with E-state index in [2.05, 4.69) is 10.2 Å². The molecule has 0 unspecified atom stereocenters. The van der Waals surface area contributed by atoms with Crippen LogP contribution in [0, 0.1) is 5.82 Å². The monoisotopic (exact) mass is 363 g/mol. The molecule has 6 heteroatoms. The zero-order valence-electron chi connectivity index (χ0n) is 15.8. The maximum absolute atomic E-state index is 13.6. The number of benzene rings is 1. The summed E-state index contributed by atoms with van der Waals surface area (Å²) >= 11 is 0. The number of rotatable bonds is 5. The average Bonchev–Trinajstić information content (AvgIpc) is 2.63. The lowest BCUT2D eigenvalue weighted by molar-refractivity contribution is -0.126. The molecule has 26 heavy (non-hydrogen) atoms. The van der Waals surface area contributed by atoms with Crippen LogP contribution in [0.15, 0.2) is 24.3 Å². The molecule has 0 bridgehead atoms. The second-order valence-electron chi connectivity index (χ2n) is 7.58. The molecular formula is C20H30FN3O2. The van der Waals surface area contributed by atoms with Crippen molar-refractivity contribution in [3.63, 3.8) is 0 Å². The Morgan fingerprint density at radius 2 is 1.92 bits per heavy atom. The zero-order chi connectivity index (χ0) is 18.5. The van der Waals surface area contributed by atoms with Crippen molar-refractivity contribution in [1.29, 1.82) is 0 Å². The Kier molecular flexibility index (Phi) is 6.62. The number of hydrogen-bond donors (Lipinski definition) is 1. The lowest BCUT2D eigenvalue weighted by atomic mass is 9.98. The van der Waals surface area contributed by atoms with Crippen molar-refractivity contribution in [3.8, 4) is 0 Å². The van der Waals surface area contributed by atoms with Crippen LogP contribution in [-0.2, 0) is 9.53 Å². The molecular weight excluding hydrogens is 333 g/mol. The second-order valence-corrected chi connectivity index (χ2v) is 7.58. The number of halogens is 1. The van der Waals surface area contributed by atoms with E-state index in [0.29, 0.717) is 11.6 Å². The van der Waals surface area contributed by atoms with E-state index in [4.69, 9.17) is 4.74 Å². The molecule has 2 fully saturated rings. The lowest BCUT2D eigenvalue weighted by Crippen LogP contribution is -2.50. The molecule has 1 aromatic carbocycles. The first-order valence-corrected chi connectivity index (χ1v) is 9.58. The van der Waals surface area contributed by atoms with Gasteiger partial charge in [0.25, 0.3) is 0 Å². The third kappa shape index (κ3) is 4.81. The van der Waals surface area contributed by atoms with Gasteiger partial charge in [0.2, 0.25) is 5.91 Å². The molecule has 0 saturated carbocycles. The summed E-state index contributed by atoms with van der Waals surface area (Å²) in [6.45, 7) is 3.75. The van der Waals surface area contributed by atoms with Gasteiger partial charge in [-0.05, 0) is 57.5 Å². The predicted molar refractivity (Wildman–Crippen MR) is 99.4 cm³/mol. The number of nitrogens with one attached hydrogen (secondary N) is 1. The summed E-state index contributed by atoms with van der Waals surface area (Å²) in [5.41, 5.74) is 0.687. The molecule has 1 N–H and O–H groups in total. The smallest absolute Gasteiger partial charge is 0.242 e. The summed E-state index contributed by atoms with van der Waals surface area (Å²) in [6, 6.07) is 6.65. The molecule has 0 spiro atoms. The van der Waals surface area contributed by atoms with Gasteiger partial charge < -0.3 is 15.0 Å². The molecule has 5 nitrogen and oxygen atoms in total. The maximum atomic E-state index is 13.6. The molecule has 1 atom stereocenters. The van der Waals surface area contributed by atoms with E-state index in [-0.39, 0.29) is 17.8 Å².